The lowest BCUT2D eigenvalue weighted by molar-refractivity contribution is -0.138. The molecule has 0 saturated heterocycles. The van der Waals surface area contributed by atoms with Gasteiger partial charge in [-0.2, -0.15) is 0 Å². The number of hydrogen-bond acceptors (Lipinski definition) is 4. The second-order valence-corrected chi connectivity index (χ2v) is 3.86. The van der Waals surface area contributed by atoms with E-state index in [0.29, 0.717) is 0 Å². The van der Waals surface area contributed by atoms with Gasteiger partial charge in [-0.3, -0.25) is 4.79 Å². The van der Waals surface area contributed by atoms with E-state index in [0.717, 1.165) is 0 Å². The monoisotopic (exact) mass is 233 g/mol. The molecule has 0 aromatic carbocycles. The molecule has 1 aliphatic rings. The minimum absolute atomic E-state index is 0.197. The van der Waals surface area contributed by atoms with Crippen LogP contribution in [0.25, 0.3) is 0 Å². The highest BCUT2D eigenvalue weighted by Gasteiger charge is 2.30. The smallest absolute Gasteiger partial charge is 0.320 e. The fourth-order valence-electron chi connectivity index (χ4n) is 0.811. The van der Waals surface area contributed by atoms with Gasteiger partial charge in [0.05, 0.1) is 0 Å². The zero-order valence-corrected chi connectivity index (χ0v) is 7.73. The van der Waals surface area contributed by atoms with Crippen molar-refractivity contribution in [3.05, 3.63) is 0 Å². The first-order valence-electron chi connectivity index (χ1n) is 3.29. The molecule has 0 saturated carbocycles. The minimum Gasteiger partial charge on any atom is -0.480 e. The van der Waals surface area contributed by atoms with Crippen LogP contribution in [0.3, 0.4) is 0 Å². The van der Waals surface area contributed by atoms with Crippen molar-refractivity contribution in [2.45, 2.75) is 16.9 Å². The average molecular weight is 234 g/mol. The van der Waals surface area contributed by atoms with Crippen LogP contribution in [0, 0.1) is 0 Å². The molecule has 5 nitrogen and oxygen atoms in total. The molecule has 2 atom stereocenters. The summed E-state index contributed by atoms with van der Waals surface area (Å²) in [6.45, 7) is 0. The fourth-order valence-corrected chi connectivity index (χ4v) is 1.37. The Bertz CT molecular complexity index is 239. The highest BCUT2D eigenvalue weighted by molar-refractivity contribution is 9.10. The maximum atomic E-state index is 10.4. The highest BCUT2D eigenvalue weighted by Crippen LogP contribution is 2.25. The molecule has 0 aromatic rings. The van der Waals surface area contributed by atoms with Crippen molar-refractivity contribution in [2.24, 2.45) is 15.7 Å². The van der Waals surface area contributed by atoms with Crippen molar-refractivity contribution < 1.29 is 9.90 Å². The first-order chi connectivity index (χ1) is 5.53. The van der Waals surface area contributed by atoms with Crippen molar-refractivity contribution in [1.29, 1.82) is 0 Å². The summed E-state index contributed by atoms with van der Waals surface area (Å²) in [5.41, 5.74) is 5.32. The highest BCUT2D eigenvalue weighted by atomic mass is 79.9. The van der Waals surface area contributed by atoms with Crippen LogP contribution in [0.4, 0.5) is 0 Å². The molecular formula is C6H8BrN3O2. The molecular weight excluding hydrogens is 226 g/mol. The van der Waals surface area contributed by atoms with Gasteiger partial charge in [0.2, 0.25) is 0 Å². The molecule has 0 fully saturated rings. The predicted molar refractivity (Wildman–Crippen MR) is 48.9 cm³/mol. The largest absolute Gasteiger partial charge is 0.480 e. The van der Waals surface area contributed by atoms with E-state index in [1.807, 2.05) is 0 Å². The van der Waals surface area contributed by atoms with Crippen molar-refractivity contribution in [2.75, 3.05) is 0 Å². The van der Waals surface area contributed by atoms with E-state index in [2.05, 4.69) is 25.9 Å². The number of halogens is 1. The van der Waals surface area contributed by atoms with E-state index in [1.165, 1.54) is 12.6 Å². The Morgan fingerprint density at radius 3 is 2.92 bits per heavy atom. The first kappa shape index (κ1) is 9.34. The predicted octanol–water partition coefficient (Wildman–Crippen LogP) is -0.00770. The van der Waals surface area contributed by atoms with Gasteiger partial charge in [0.25, 0.3) is 0 Å². The third-order valence-electron chi connectivity index (χ3n) is 1.43. The molecule has 0 aromatic heterocycles. The maximum absolute atomic E-state index is 10.4. The van der Waals surface area contributed by atoms with Gasteiger partial charge < -0.3 is 10.8 Å². The topological polar surface area (TPSA) is 88.0 Å². The first-order valence-corrected chi connectivity index (χ1v) is 4.08. The molecule has 1 aliphatic heterocycles. The second-order valence-electron chi connectivity index (χ2n) is 2.49. The van der Waals surface area contributed by atoms with Crippen molar-refractivity contribution in [1.82, 2.24) is 0 Å². The minimum atomic E-state index is -1.04. The van der Waals surface area contributed by atoms with E-state index in [1.54, 1.807) is 0 Å². The molecule has 0 spiro atoms. The van der Waals surface area contributed by atoms with Crippen LogP contribution in [0.5, 0.6) is 0 Å². The third kappa shape index (κ3) is 2.12. The molecule has 1 unspecified atom stereocenters. The van der Waals surface area contributed by atoms with E-state index in [9.17, 15) is 4.79 Å². The molecule has 66 valence electrons. The Balaban J connectivity index is 2.56. The summed E-state index contributed by atoms with van der Waals surface area (Å²) in [6.07, 6.45) is 3.08. The van der Waals surface area contributed by atoms with Crippen molar-refractivity contribution in [3.8, 4) is 0 Å². The van der Waals surface area contributed by atoms with Gasteiger partial charge in [-0.25, -0.2) is 9.98 Å². The number of aliphatic carboxylic acids is 1. The Morgan fingerprint density at radius 1 is 1.83 bits per heavy atom. The lowest BCUT2D eigenvalue weighted by atomic mass is 10.1. The van der Waals surface area contributed by atoms with Crippen LogP contribution < -0.4 is 5.73 Å². The quantitative estimate of drug-likeness (QED) is 0.531. The number of carboxylic acid groups (broad SMARTS) is 1. The number of nitrogens with zero attached hydrogens (tertiary/aromatic N) is 2. The third-order valence-corrected chi connectivity index (χ3v) is 2.17. The van der Waals surface area contributed by atoms with E-state index >= 15 is 0 Å². The zero-order chi connectivity index (χ0) is 9.19. The van der Waals surface area contributed by atoms with Crippen LogP contribution in [0.15, 0.2) is 9.98 Å². The van der Waals surface area contributed by atoms with E-state index < -0.39 is 16.5 Å². The number of rotatable bonds is 3. The van der Waals surface area contributed by atoms with Gasteiger partial charge in [-0.1, -0.05) is 15.9 Å². The molecule has 0 bridgehead atoms. The zero-order valence-electron chi connectivity index (χ0n) is 6.14. The normalized spacial score (nSPS) is 29.2. The number of hydrogen-bond donors (Lipinski definition) is 2. The van der Waals surface area contributed by atoms with Gasteiger partial charge in [0, 0.05) is 12.6 Å². The number of carboxylic acids is 1. The summed E-state index contributed by atoms with van der Waals surface area (Å²) in [5, 5.41) is 8.51. The summed E-state index contributed by atoms with van der Waals surface area (Å²) in [4.78, 5) is 18.0. The van der Waals surface area contributed by atoms with Crippen molar-refractivity contribution in [3.63, 3.8) is 0 Å². The summed E-state index contributed by atoms with van der Waals surface area (Å²) >= 11 is 3.22. The van der Waals surface area contributed by atoms with Crippen LogP contribution in [0.2, 0.25) is 0 Å². The van der Waals surface area contributed by atoms with E-state index in [-0.39, 0.29) is 6.42 Å². The number of nitrogens with two attached hydrogens (primary N) is 1. The SMILES string of the molecule is N[C@@H](CC1(Br)C=NC=N1)C(=O)O. The van der Waals surface area contributed by atoms with Crippen molar-refractivity contribution >= 4 is 34.5 Å². The summed E-state index contributed by atoms with van der Waals surface area (Å²) in [5.74, 6) is -1.04. The number of alkyl halides is 1. The lowest BCUT2D eigenvalue weighted by Gasteiger charge is -2.16. The molecule has 3 N–H and O–H groups in total. The molecule has 1 heterocycles. The van der Waals surface area contributed by atoms with Gasteiger partial charge in [-0.05, 0) is 0 Å². The molecule has 1 rings (SSSR count). The average Bonchev–Trinajstić information content (AvgIpc) is 2.35. The fraction of sp³-hybridized carbons (Fsp3) is 0.500. The van der Waals surface area contributed by atoms with E-state index in [4.69, 9.17) is 10.8 Å². The van der Waals surface area contributed by atoms with Crippen LogP contribution in [-0.2, 0) is 4.79 Å². The summed E-state index contributed by atoms with van der Waals surface area (Å²) < 4.78 is -0.717. The maximum Gasteiger partial charge on any atom is 0.320 e. The Hall–Kier alpha value is -0.750. The summed E-state index contributed by atoms with van der Waals surface area (Å²) in [7, 11) is 0. The Kier molecular flexibility index (Phi) is 2.58. The van der Waals surface area contributed by atoms with Gasteiger partial charge in [0.1, 0.15) is 12.4 Å². The van der Waals surface area contributed by atoms with Gasteiger partial charge in [0.15, 0.2) is 4.45 Å². The Morgan fingerprint density at radius 2 is 2.50 bits per heavy atom. The number of carbonyl (C=O) groups is 1. The standard InChI is InChI=1S/C6H8BrN3O2/c7-6(2-9-3-10-6)1-4(8)5(11)12/h2-4H,1,8H2,(H,11,12)/t4-,6?/m0/s1. The summed E-state index contributed by atoms with van der Waals surface area (Å²) in [6, 6.07) is -0.925. The second kappa shape index (κ2) is 3.32. The molecule has 0 radical (unpaired) electrons. The van der Waals surface area contributed by atoms with Crippen LogP contribution >= 0.6 is 15.9 Å². The molecule has 12 heavy (non-hydrogen) atoms. The van der Waals surface area contributed by atoms with Gasteiger partial charge in [-0.15, -0.1) is 0 Å². The molecule has 6 heteroatoms. The molecule has 0 amide bonds. The van der Waals surface area contributed by atoms with Gasteiger partial charge >= 0.3 is 5.97 Å². The number of aliphatic imine (C=N–C) groups is 2. The van der Waals surface area contributed by atoms with Crippen LogP contribution in [-0.4, -0.2) is 34.1 Å². The molecule has 0 aliphatic carbocycles. The van der Waals surface area contributed by atoms with Crippen LogP contribution in [0.1, 0.15) is 6.42 Å². The Labute approximate surface area is 77.5 Å². The lowest BCUT2D eigenvalue weighted by Crippen LogP contribution is -2.37.